The Bertz CT molecular complexity index is 546. The Morgan fingerprint density at radius 2 is 1.76 bits per heavy atom. The SMILES string of the molecule is COc1cc2nc(N)n(C(C)C)c2cc1OC. The van der Waals surface area contributed by atoms with Crippen LogP contribution in [0.2, 0.25) is 0 Å². The molecule has 0 aliphatic heterocycles. The van der Waals surface area contributed by atoms with E-state index in [-0.39, 0.29) is 6.04 Å². The molecule has 0 radical (unpaired) electrons. The average Bonchev–Trinajstić information content (AvgIpc) is 2.61. The molecule has 2 aromatic rings. The third-order valence-corrected chi connectivity index (χ3v) is 2.74. The fourth-order valence-corrected chi connectivity index (χ4v) is 1.98. The molecule has 2 rings (SSSR count). The Labute approximate surface area is 100 Å². The number of anilines is 1. The van der Waals surface area contributed by atoms with Crippen LogP contribution in [0.3, 0.4) is 0 Å². The summed E-state index contributed by atoms with van der Waals surface area (Å²) in [6.45, 7) is 4.13. The van der Waals surface area contributed by atoms with Gasteiger partial charge in [0.1, 0.15) is 0 Å². The van der Waals surface area contributed by atoms with E-state index in [0.29, 0.717) is 17.4 Å². The summed E-state index contributed by atoms with van der Waals surface area (Å²) in [5, 5.41) is 0. The van der Waals surface area contributed by atoms with Crippen molar-refractivity contribution in [2.75, 3.05) is 20.0 Å². The fourth-order valence-electron chi connectivity index (χ4n) is 1.98. The van der Waals surface area contributed by atoms with Gasteiger partial charge in [0.25, 0.3) is 0 Å². The van der Waals surface area contributed by atoms with E-state index < -0.39 is 0 Å². The summed E-state index contributed by atoms with van der Waals surface area (Å²) in [5.74, 6) is 1.85. The number of benzene rings is 1. The van der Waals surface area contributed by atoms with E-state index in [1.807, 2.05) is 16.7 Å². The monoisotopic (exact) mass is 235 g/mol. The lowest BCUT2D eigenvalue weighted by Gasteiger charge is -2.12. The molecule has 92 valence electrons. The lowest BCUT2D eigenvalue weighted by atomic mass is 10.2. The van der Waals surface area contributed by atoms with Gasteiger partial charge in [0.2, 0.25) is 5.95 Å². The van der Waals surface area contributed by atoms with Crippen LogP contribution in [-0.4, -0.2) is 23.8 Å². The Hall–Kier alpha value is -1.91. The van der Waals surface area contributed by atoms with Gasteiger partial charge in [0.15, 0.2) is 11.5 Å². The van der Waals surface area contributed by atoms with Crippen molar-refractivity contribution in [3.63, 3.8) is 0 Å². The third-order valence-electron chi connectivity index (χ3n) is 2.74. The van der Waals surface area contributed by atoms with E-state index in [1.54, 1.807) is 14.2 Å². The topological polar surface area (TPSA) is 62.3 Å². The van der Waals surface area contributed by atoms with Gasteiger partial charge in [-0.3, -0.25) is 0 Å². The normalized spacial score (nSPS) is 11.1. The van der Waals surface area contributed by atoms with Crippen LogP contribution in [0.4, 0.5) is 5.95 Å². The number of methoxy groups -OCH3 is 2. The van der Waals surface area contributed by atoms with Crippen LogP contribution in [0.15, 0.2) is 12.1 Å². The molecule has 17 heavy (non-hydrogen) atoms. The van der Waals surface area contributed by atoms with Crippen molar-refractivity contribution in [3.05, 3.63) is 12.1 Å². The smallest absolute Gasteiger partial charge is 0.201 e. The molecular weight excluding hydrogens is 218 g/mol. The lowest BCUT2D eigenvalue weighted by molar-refractivity contribution is 0.355. The molecule has 0 aliphatic carbocycles. The summed E-state index contributed by atoms with van der Waals surface area (Å²) < 4.78 is 12.5. The van der Waals surface area contributed by atoms with Crippen molar-refractivity contribution in [2.45, 2.75) is 19.9 Å². The fraction of sp³-hybridized carbons (Fsp3) is 0.417. The van der Waals surface area contributed by atoms with Crippen LogP contribution < -0.4 is 15.2 Å². The van der Waals surface area contributed by atoms with Gasteiger partial charge in [0, 0.05) is 18.2 Å². The van der Waals surface area contributed by atoms with E-state index in [0.717, 1.165) is 11.0 Å². The van der Waals surface area contributed by atoms with Crippen LogP contribution in [0.5, 0.6) is 11.5 Å². The second kappa shape index (κ2) is 4.16. The Kier molecular flexibility index (Phi) is 2.83. The minimum absolute atomic E-state index is 0.248. The number of imidazole rings is 1. The predicted octanol–water partition coefficient (Wildman–Crippen LogP) is 2.22. The van der Waals surface area contributed by atoms with Crippen molar-refractivity contribution >= 4 is 17.0 Å². The molecule has 0 saturated heterocycles. The van der Waals surface area contributed by atoms with Crippen LogP contribution in [0, 0.1) is 0 Å². The maximum Gasteiger partial charge on any atom is 0.201 e. The third kappa shape index (κ3) is 1.77. The minimum atomic E-state index is 0.248. The van der Waals surface area contributed by atoms with Crippen molar-refractivity contribution in [3.8, 4) is 11.5 Å². The van der Waals surface area contributed by atoms with E-state index in [9.17, 15) is 0 Å². The predicted molar refractivity (Wildman–Crippen MR) is 67.6 cm³/mol. The molecule has 0 spiro atoms. The average molecular weight is 235 g/mol. The first-order valence-corrected chi connectivity index (χ1v) is 5.48. The molecule has 1 heterocycles. The Morgan fingerprint density at radius 3 is 2.29 bits per heavy atom. The second-order valence-electron chi connectivity index (χ2n) is 4.13. The molecule has 5 nitrogen and oxygen atoms in total. The first-order valence-electron chi connectivity index (χ1n) is 5.48. The zero-order chi connectivity index (χ0) is 12.6. The molecule has 0 bridgehead atoms. The summed E-state index contributed by atoms with van der Waals surface area (Å²) in [5.41, 5.74) is 7.68. The van der Waals surface area contributed by atoms with E-state index in [2.05, 4.69) is 18.8 Å². The molecule has 1 aromatic heterocycles. The van der Waals surface area contributed by atoms with Gasteiger partial charge in [-0.25, -0.2) is 4.98 Å². The number of nitrogens with two attached hydrogens (primary N) is 1. The highest BCUT2D eigenvalue weighted by Gasteiger charge is 2.14. The molecule has 0 unspecified atom stereocenters. The highest BCUT2D eigenvalue weighted by atomic mass is 16.5. The van der Waals surface area contributed by atoms with E-state index >= 15 is 0 Å². The van der Waals surface area contributed by atoms with Crippen LogP contribution >= 0.6 is 0 Å². The summed E-state index contributed by atoms with van der Waals surface area (Å²) in [7, 11) is 3.22. The molecular formula is C12H17N3O2. The largest absolute Gasteiger partial charge is 0.493 e. The van der Waals surface area contributed by atoms with Crippen LogP contribution in [0.1, 0.15) is 19.9 Å². The standard InChI is InChI=1S/C12H17N3O2/c1-7(2)15-9-6-11(17-4)10(16-3)5-8(9)14-12(15)13/h5-7H,1-4H3,(H2,13,14). The second-order valence-corrected chi connectivity index (χ2v) is 4.13. The molecule has 0 atom stereocenters. The summed E-state index contributed by atoms with van der Waals surface area (Å²) in [6, 6.07) is 3.99. The Morgan fingerprint density at radius 1 is 1.18 bits per heavy atom. The van der Waals surface area contributed by atoms with Gasteiger partial charge in [-0.1, -0.05) is 0 Å². The van der Waals surface area contributed by atoms with Gasteiger partial charge >= 0.3 is 0 Å². The molecule has 0 amide bonds. The maximum atomic E-state index is 5.91. The Balaban J connectivity index is 2.74. The number of nitrogen functional groups attached to an aromatic ring is 1. The molecule has 1 aromatic carbocycles. The quantitative estimate of drug-likeness (QED) is 0.886. The zero-order valence-electron chi connectivity index (χ0n) is 10.5. The number of ether oxygens (including phenoxy) is 2. The first kappa shape index (κ1) is 11.6. The molecule has 2 N–H and O–H groups in total. The molecule has 0 aliphatic rings. The zero-order valence-corrected chi connectivity index (χ0v) is 10.5. The summed E-state index contributed by atoms with van der Waals surface area (Å²) in [6.07, 6.45) is 0. The van der Waals surface area contributed by atoms with Gasteiger partial charge < -0.3 is 19.8 Å². The van der Waals surface area contributed by atoms with Gasteiger partial charge in [-0.05, 0) is 13.8 Å². The molecule has 5 heteroatoms. The van der Waals surface area contributed by atoms with Crippen molar-refractivity contribution < 1.29 is 9.47 Å². The van der Waals surface area contributed by atoms with E-state index in [4.69, 9.17) is 15.2 Å². The number of hydrogen-bond acceptors (Lipinski definition) is 4. The summed E-state index contributed by atoms with van der Waals surface area (Å²) >= 11 is 0. The number of rotatable bonds is 3. The van der Waals surface area contributed by atoms with Crippen LogP contribution in [0.25, 0.3) is 11.0 Å². The molecule has 0 saturated carbocycles. The maximum absolute atomic E-state index is 5.91. The number of fused-ring (bicyclic) bond motifs is 1. The number of nitrogens with zero attached hydrogens (tertiary/aromatic N) is 2. The highest BCUT2D eigenvalue weighted by Crippen LogP contribution is 2.34. The number of hydrogen-bond donors (Lipinski definition) is 1. The van der Waals surface area contributed by atoms with Crippen molar-refractivity contribution in [1.29, 1.82) is 0 Å². The summed E-state index contributed by atoms with van der Waals surface area (Å²) in [4.78, 5) is 4.32. The van der Waals surface area contributed by atoms with Crippen molar-refractivity contribution in [2.24, 2.45) is 0 Å². The minimum Gasteiger partial charge on any atom is -0.493 e. The molecule has 0 fully saturated rings. The van der Waals surface area contributed by atoms with E-state index in [1.165, 1.54) is 0 Å². The van der Waals surface area contributed by atoms with Gasteiger partial charge in [-0.2, -0.15) is 0 Å². The highest BCUT2D eigenvalue weighted by molar-refractivity contribution is 5.82. The number of aromatic nitrogens is 2. The first-order chi connectivity index (χ1) is 8.08. The van der Waals surface area contributed by atoms with Gasteiger partial charge in [0.05, 0.1) is 25.3 Å². The van der Waals surface area contributed by atoms with Gasteiger partial charge in [-0.15, -0.1) is 0 Å². The lowest BCUT2D eigenvalue weighted by Crippen LogP contribution is -2.05. The van der Waals surface area contributed by atoms with Crippen LogP contribution in [-0.2, 0) is 0 Å². The van der Waals surface area contributed by atoms with Crippen molar-refractivity contribution in [1.82, 2.24) is 9.55 Å².